The lowest BCUT2D eigenvalue weighted by molar-refractivity contribution is 0.836. The summed E-state index contributed by atoms with van der Waals surface area (Å²) in [6.45, 7) is 0. The van der Waals surface area contributed by atoms with Crippen molar-refractivity contribution in [1.29, 1.82) is 0 Å². The molecule has 11 aromatic rings. The smallest absolute Gasteiger partial charge is 0.157 e. The van der Waals surface area contributed by atoms with Crippen molar-refractivity contribution in [3.05, 3.63) is 218 Å². The Balaban J connectivity index is 1.15. The van der Waals surface area contributed by atoms with Crippen LogP contribution in [0.4, 0.5) is 0 Å². The summed E-state index contributed by atoms with van der Waals surface area (Å²) in [7, 11) is -2.86. The first-order valence-corrected chi connectivity index (χ1v) is 23.1. The molecular weight excluding hydrogens is 737 g/mol. The van der Waals surface area contributed by atoms with Crippen LogP contribution in [0.2, 0.25) is 0 Å². The van der Waals surface area contributed by atoms with Gasteiger partial charge in [-0.1, -0.05) is 170 Å². The minimum absolute atomic E-state index is 0.210. The molecule has 1 unspecified atom stereocenters. The van der Waals surface area contributed by atoms with Gasteiger partial charge >= 0.3 is 0 Å². The molecule has 1 atom stereocenters. The molecule has 12 rings (SSSR count). The number of aromatic nitrogens is 2. The summed E-state index contributed by atoms with van der Waals surface area (Å²) in [5.41, 5.74) is 9.14. The highest BCUT2D eigenvalue weighted by atomic mass is 32.1. The van der Waals surface area contributed by atoms with Crippen molar-refractivity contribution in [2.45, 2.75) is 12.0 Å². The highest BCUT2D eigenvalue weighted by Crippen LogP contribution is 2.45. The van der Waals surface area contributed by atoms with Gasteiger partial charge in [-0.2, -0.15) is 0 Å². The fourth-order valence-corrected chi connectivity index (χ4v) is 17.1. The quantitative estimate of drug-likeness (QED) is 0.118. The zero-order valence-electron chi connectivity index (χ0n) is 31.8. The van der Waals surface area contributed by atoms with E-state index < -0.39 is 8.07 Å². The standard InChI is InChI=1S/C54H38N2SSi/c1-4-17-37(18-5-1)55-48-27-13-10-23-42(48)45-26-16-30-51(52(45)55)58(39-19-6-2-7-20-39,40-21-8-3-9-22-40)41-33-31-38(32-34-41)56-49-28-14-11-24-43(49)46-35-36-47-44-25-12-15-29-50(44)57-54(47)53(46)56/h1-29,31-36,51H,30H2. The van der Waals surface area contributed by atoms with Gasteiger partial charge in [-0.25, -0.2) is 0 Å². The van der Waals surface area contributed by atoms with Gasteiger partial charge in [-0.05, 0) is 64.4 Å². The van der Waals surface area contributed by atoms with E-state index >= 15 is 0 Å². The Kier molecular flexibility index (Phi) is 7.59. The van der Waals surface area contributed by atoms with Crippen molar-refractivity contribution in [2.75, 3.05) is 0 Å². The summed E-state index contributed by atoms with van der Waals surface area (Å²) in [6.07, 6.45) is 5.79. The molecule has 0 N–H and O–H groups in total. The summed E-state index contributed by atoms with van der Waals surface area (Å²) in [6, 6.07) is 75.2. The van der Waals surface area contributed by atoms with Gasteiger partial charge in [0.25, 0.3) is 0 Å². The van der Waals surface area contributed by atoms with Gasteiger partial charge in [0, 0.05) is 59.8 Å². The highest BCUT2D eigenvalue weighted by molar-refractivity contribution is 7.26. The predicted octanol–water partition coefficient (Wildman–Crippen LogP) is 12.3. The molecular formula is C54H38N2SSi. The fraction of sp³-hybridized carbons (Fsp3) is 0.0370. The van der Waals surface area contributed by atoms with Gasteiger partial charge in [-0.3, -0.25) is 0 Å². The molecule has 3 heterocycles. The van der Waals surface area contributed by atoms with Crippen LogP contribution in [0.5, 0.6) is 0 Å². The maximum absolute atomic E-state index is 2.86. The lowest BCUT2D eigenvalue weighted by Crippen LogP contribution is -2.71. The molecule has 0 spiro atoms. The molecule has 1 aliphatic rings. The summed E-state index contributed by atoms with van der Waals surface area (Å²) >= 11 is 1.91. The van der Waals surface area contributed by atoms with Crippen LogP contribution in [0, 0.1) is 0 Å². The lowest BCUT2D eigenvalue weighted by atomic mass is 10.0. The number of rotatable bonds is 6. The van der Waals surface area contributed by atoms with Crippen LogP contribution in [0.15, 0.2) is 206 Å². The number of hydrogen-bond acceptors (Lipinski definition) is 1. The number of fused-ring (bicyclic) bond motifs is 10. The molecule has 0 saturated carbocycles. The maximum atomic E-state index is 2.58. The molecule has 1 aliphatic carbocycles. The fourth-order valence-electron chi connectivity index (χ4n) is 10.4. The molecule has 8 aromatic carbocycles. The number of nitrogens with zero attached hydrogens (tertiary/aromatic N) is 2. The monoisotopic (exact) mass is 774 g/mol. The Hall–Kier alpha value is -6.72. The molecule has 0 radical (unpaired) electrons. The van der Waals surface area contributed by atoms with Crippen molar-refractivity contribution in [3.8, 4) is 11.4 Å². The third-order valence-corrected chi connectivity index (χ3v) is 19.2. The van der Waals surface area contributed by atoms with Crippen LogP contribution in [0.25, 0.3) is 70.3 Å². The molecule has 0 fully saturated rings. The second kappa shape index (κ2) is 13.2. The lowest BCUT2D eigenvalue weighted by Gasteiger charge is -2.42. The molecule has 0 amide bonds. The Labute approximate surface area is 342 Å². The van der Waals surface area contributed by atoms with E-state index in [0.29, 0.717) is 0 Å². The minimum Gasteiger partial charge on any atom is -0.313 e. The van der Waals surface area contributed by atoms with E-state index in [1.54, 1.807) is 0 Å². The van der Waals surface area contributed by atoms with Gasteiger partial charge < -0.3 is 9.13 Å². The Morgan fingerprint density at radius 3 is 1.67 bits per heavy atom. The number of benzene rings is 8. The average molecular weight is 775 g/mol. The van der Waals surface area contributed by atoms with Crippen molar-refractivity contribution in [3.63, 3.8) is 0 Å². The molecule has 0 saturated heterocycles. The van der Waals surface area contributed by atoms with E-state index in [0.717, 1.165) is 6.42 Å². The zero-order chi connectivity index (χ0) is 38.2. The van der Waals surface area contributed by atoms with Gasteiger partial charge in [0.05, 0.1) is 21.3 Å². The molecule has 2 nitrogen and oxygen atoms in total. The van der Waals surface area contributed by atoms with Crippen LogP contribution >= 0.6 is 11.3 Å². The second-order valence-corrected chi connectivity index (χ2v) is 20.7. The first kappa shape index (κ1) is 33.4. The Morgan fingerprint density at radius 2 is 0.966 bits per heavy atom. The number of hydrogen-bond donors (Lipinski definition) is 0. The van der Waals surface area contributed by atoms with E-state index in [-0.39, 0.29) is 5.54 Å². The van der Waals surface area contributed by atoms with Crippen molar-refractivity contribution < 1.29 is 0 Å². The van der Waals surface area contributed by atoms with Crippen LogP contribution in [0.3, 0.4) is 0 Å². The molecule has 3 aromatic heterocycles. The van der Waals surface area contributed by atoms with Gasteiger partial charge in [0.2, 0.25) is 0 Å². The first-order chi connectivity index (χ1) is 28.8. The topological polar surface area (TPSA) is 9.86 Å². The SMILES string of the molecule is C1=Cc2c(n(-c3ccccc3)c3ccccc23)C([Si](c2ccccc2)(c2ccccc2)c2ccc(-n3c4ccccc4c4ccc5c6ccccc6sc5c43)cc2)C1. The van der Waals surface area contributed by atoms with Gasteiger partial charge in [0.15, 0.2) is 8.07 Å². The van der Waals surface area contributed by atoms with E-state index in [1.807, 2.05) is 11.3 Å². The summed E-state index contributed by atoms with van der Waals surface area (Å²) in [5, 5.41) is 10.8. The van der Waals surface area contributed by atoms with Crippen LogP contribution in [-0.2, 0) is 0 Å². The summed E-state index contributed by atoms with van der Waals surface area (Å²) in [4.78, 5) is 0. The summed E-state index contributed by atoms with van der Waals surface area (Å²) in [5.74, 6) is 0. The van der Waals surface area contributed by atoms with Crippen LogP contribution < -0.4 is 15.6 Å². The molecule has 274 valence electrons. The normalized spacial score (nSPS) is 14.2. The number of thiophene rings is 1. The number of para-hydroxylation sites is 3. The van der Waals surface area contributed by atoms with E-state index in [1.165, 1.54) is 91.1 Å². The first-order valence-electron chi connectivity index (χ1n) is 20.2. The van der Waals surface area contributed by atoms with Crippen LogP contribution in [-0.4, -0.2) is 17.2 Å². The third-order valence-electron chi connectivity index (χ3n) is 12.7. The average Bonchev–Trinajstić information content (AvgIpc) is 3.96. The molecule has 4 heteroatoms. The van der Waals surface area contributed by atoms with Crippen LogP contribution in [0.1, 0.15) is 23.2 Å². The Morgan fingerprint density at radius 1 is 0.431 bits per heavy atom. The van der Waals surface area contributed by atoms with E-state index in [9.17, 15) is 0 Å². The van der Waals surface area contributed by atoms with Crippen molar-refractivity contribution >= 4 is 93.9 Å². The predicted molar refractivity (Wildman–Crippen MR) is 251 cm³/mol. The largest absolute Gasteiger partial charge is 0.313 e. The van der Waals surface area contributed by atoms with E-state index in [2.05, 4.69) is 221 Å². The second-order valence-electron chi connectivity index (χ2n) is 15.6. The molecule has 0 aliphatic heterocycles. The number of allylic oxidation sites excluding steroid dienone is 1. The minimum atomic E-state index is -2.86. The van der Waals surface area contributed by atoms with Crippen molar-refractivity contribution in [2.24, 2.45) is 0 Å². The molecule has 58 heavy (non-hydrogen) atoms. The third kappa shape index (κ3) is 4.76. The van der Waals surface area contributed by atoms with Crippen molar-refractivity contribution in [1.82, 2.24) is 9.13 Å². The van der Waals surface area contributed by atoms with Gasteiger partial charge in [0.1, 0.15) is 0 Å². The molecule has 0 bridgehead atoms. The van der Waals surface area contributed by atoms with Gasteiger partial charge in [-0.15, -0.1) is 11.3 Å². The highest BCUT2D eigenvalue weighted by Gasteiger charge is 2.49. The maximum Gasteiger partial charge on any atom is 0.157 e. The summed E-state index contributed by atoms with van der Waals surface area (Å²) < 4.78 is 7.77. The van der Waals surface area contributed by atoms with E-state index in [4.69, 9.17) is 0 Å². The Bertz CT molecular complexity index is 3320. The zero-order valence-corrected chi connectivity index (χ0v) is 33.6.